The number of nitrogens with one attached hydrogen (secondary N) is 1. The Morgan fingerprint density at radius 1 is 1.04 bits per heavy atom. The van der Waals surface area contributed by atoms with Crippen molar-refractivity contribution in [1.82, 2.24) is 14.3 Å². The number of sulfonamides is 1. The Balaban J connectivity index is 0.000000580. The van der Waals surface area contributed by atoms with Crippen molar-refractivity contribution in [2.45, 2.75) is 46.4 Å². The highest BCUT2D eigenvalue weighted by molar-refractivity contribution is 7.89. The standard InChI is InChI=1S/C12H18N2O2S.C3H4N2.2C2H6/c1-3-13-9-10-14(4-2)17(15,16)12-8-6-5-7-11(12)13;1-2-5-3-4-1;2*1-2/h5-8H,3-4,9-10H2,1-2H3;1-3H,(H,4,5);2*1-2H3. The molecule has 0 bridgehead atoms. The van der Waals surface area contributed by atoms with E-state index in [1.54, 1.807) is 35.2 Å². The predicted octanol–water partition coefficient (Wildman–Crippen LogP) is 4.00. The van der Waals surface area contributed by atoms with Crippen LogP contribution in [0.5, 0.6) is 0 Å². The molecule has 1 aromatic carbocycles. The van der Waals surface area contributed by atoms with Crippen LogP contribution in [-0.2, 0) is 10.0 Å². The van der Waals surface area contributed by atoms with Crippen molar-refractivity contribution in [2.24, 2.45) is 0 Å². The molecule has 0 amide bonds. The molecule has 0 aliphatic carbocycles. The number of nitrogens with zero attached hydrogens (tertiary/aromatic N) is 3. The van der Waals surface area contributed by atoms with Crippen LogP contribution in [0.2, 0.25) is 0 Å². The number of rotatable bonds is 2. The summed E-state index contributed by atoms with van der Waals surface area (Å²) >= 11 is 0. The Kier molecular flexibility index (Phi) is 12.4. The van der Waals surface area contributed by atoms with Gasteiger partial charge in [0.1, 0.15) is 4.90 Å². The molecule has 2 heterocycles. The van der Waals surface area contributed by atoms with Crippen LogP contribution in [0.1, 0.15) is 41.5 Å². The van der Waals surface area contributed by atoms with Crippen LogP contribution in [0.15, 0.2) is 47.9 Å². The number of anilines is 1. The lowest BCUT2D eigenvalue weighted by molar-refractivity contribution is 0.437. The predicted molar refractivity (Wildman–Crippen MR) is 110 cm³/mol. The third-order valence-corrected chi connectivity index (χ3v) is 5.61. The molecule has 3 rings (SSSR count). The van der Waals surface area contributed by atoms with E-state index in [2.05, 4.69) is 14.9 Å². The van der Waals surface area contributed by atoms with Crippen molar-refractivity contribution in [2.75, 3.05) is 31.1 Å². The van der Waals surface area contributed by atoms with Gasteiger partial charge >= 0.3 is 0 Å². The highest BCUT2D eigenvalue weighted by Crippen LogP contribution is 2.30. The fourth-order valence-corrected chi connectivity index (χ4v) is 4.07. The van der Waals surface area contributed by atoms with Gasteiger partial charge < -0.3 is 9.88 Å². The van der Waals surface area contributed by atoms with Gasteiger partial charge in [-0.15, -0.1) is 0 Å². The van der Waals surface area contributed by atoms with Gasteiger partial charge in [-0.3, -0.25) is 0 Å². The van der Waals surface area contributed by atoms with Gasteiger partial charge in [0.05, 0.1) is 12.0 Å². The van der Waals surface area contributed by atoms with Gasteiger partial charge in [-0.25, -0.2) is 13.4 Å². The number of benzene rings is 1. The zero-order valence-electron chi connectivity index (χ0n) is 16.9. The monoisotopic (exact) mass is 382 g/mol. The molecule has 0 radical (unpaired) electrons. The van der Waals surface area contributed by atoms with Crippen LogP contribution >= 0.6 is 0 Å². The number of imidazole rings is 1. The van der Waals surface area contributed by atoms with Crippen molar-refractivity contribution in [3.8, 4) is 0 Å². The third-order valence-electron chi connectivity index (χ3n) is 3.58. The Morgan fingerprint density at radius 2 is 1.69 bits per heavy atom. The zero-order valence-corrected chi connectivity index (χ0v) is 17.8. The van der Waals surface area contributed by atoms with E-state index < -0.39 is 10.0 Å². The lowest BCUT2D eigenvalue weighted by Gasteiger charge is -2.21. The summed E-state index contributed by atoms with van der Waals surface area (Å²) in [4.78, 5) is 8.96. The van der Waals surface area contributed by atoms with Crippen LogP contribution in [-0.4, -0.2) is 48.9 Å². The number of hydrogen-bond donors (Lipinski definition) is 1. The Labute approximate surface area is 159 Å². The normalized spacial score (nSPS) is 14.9. The van der Waals surface area contributed by atoms with Crippen LogP contribution in [0, 0.1) is 0 Å². The molecular weight excluding hydrogens is 348 g/mol. The second kappa shape index (κ2) is 13.4. The van der Waals surface area contributed by atoms with E-state index in [4.69, 9.17) is 0 Å². The molecule has 148 valence electrons. The molecule has 1 aliphatic heterocycles. The number of likely N-dealkylation sites (N-methyl/N-ethyl adjacent to an activating group) is 2. The molecule has 6 nitrogen and oxygen atoms in total. The molecule has 0 atom stereocenters. The first-order chi connectivity index (χ1) is 12.6. The zero-order chi connectivity index (χ0) is 20.0. The molecule has 0 saturated carbocycles. The van der Waals surface area contributed by atoms with Crippen LogP contribution in [0.3, 0.4) is 0 Å². The van der Waals surface area contributed by atoms with Crippen molar-refractivity contribution in [3.63, 3.8) is 0 Å². The van der Waals surface area contributed by atoms with Gasteiger partial charge in [-0.2, -0.15) is 4.31 Å². The summed E-state index contributed by atoms with van der Waals surface area (Å²) in [5.41, 5.74) is 0.825. The molecule has 7 heteroatoms. The summed E-state index contributed by atoms with van der Waals surface area (Å²) in [5.74, 6) is 0. The van der Waals surface area contributed by atoms with E-state index in [0.717, 1.165) is 18.8 Å². The molecule has 1 aliphatic rings. The molecule has 0 spiro atoms. The Hall–Kier alpha value is -1.86. The summed E-state index contributed by atoms with van der Waals surface area (Å²) in [6.07, 6.45) is 5.08. The van der Waals surface area contributed by atoms with E-state index in [0.29, 0.717) is 18.0 Å². The molecule has 0 unspecified atom stereocenters. The number of fused-ring (bicyclic) bond motifs is 1. The first-order valence-electron chi connectivity index (χ1n) is 9.38. The first-order valence-corrected chi connectivity index (χ1v) is 10.8. The fraction of sp³-hybridized carbons (Fsp3) is 0.526. The maximum absolute atomic E-state index is 12.4. The van der Waals surface area contributed by atoms with Crippen molar-refractivity contribution in [3.05, 3.63) is 43.0 Å². The van der Waals surface area contributed by atoms with Gasteiger partial charge in [0, 0.05) is 38.6 Å². The third kappa shape index (κ3) is 6.46. The highest BCUT2D eigenvalue weighted by atomic mass is 32.2. The largest absolute Gasteiger partial charge is 0.369 e. The molecule has 1 N–H and O–H groups in total. The fourth-order valence-electron chi connectivity index (χ4n) is 2.42. The SMILES string of the molecule is CC.CC.CCN1CCN(CC)S(=O)(=O)c2ccccc21.c1c[nH]cn1. The molecule has 1 aromatic heterocycles. The van der Waals surface area contributed by atoms with Crippen molar-refractivity contribution < 1.29 is 8.42 Å². The van der Waals surface area contributed by atoms with Gasteiger partial charge in [0.2, 0.25) is 10.0 Å². The highest BCUT2D eigenvalue weighted by Gasteiger charge is 2.30. The molecular formula is C19H34N4O2S. The smallest absolute Gasteiger partial charge is 0.245 e. The summed E-state index contributed by atoms with van der Waals surface area (Å²) in [5, 5.41) is 0. The van der Waals surface area contributed by atoms with Crippen molar-refractivity contribution >= 4 is 15.7 Å². The van der Waals surface area contributed by atoms with E-state index in [9.17, 15) is 8.42 Å². The Bertz CT molecular complexity index is 655. The minimum absolute atomic E-state index is 0.432. The summed E-state index contributed by atoms with van der Waals surface area (Å²) in [6.45, 7) is 14.6. The number of aromatic amines is 1. The van der Waals surface area contributed by atoms with Gasteiger partial charge in [0.15, 0.2) is 0 Å². The number of H-pyrrole nitrogens is 1. The molecule has 2 aromatic rings. The first kappa shape index (κ1) is 24.1. The Morgan fingerprint density at radius 3 is 2.15 bits per heavy atom. The summed E-state index contributed by atoms with van der Waals surface area (Å²) in [7, 11) is -3.32. The summed E-state index contributed by atoms with van der Waals surface area (Å²) < 4.78 is 26.4. The van der Waals surface area contributed by atoms with Crippen LogP contribution in [0.4, 0.5) is 5.69 Å². The lowest BCUT2D eigenvalue weighted by Crippen LogP contribution is -2.34. The second-order valence-electron chi connectivity index (χ2n) is 4.80. The minimum Gasteiger partial charge on any atom is -0.369 e. The lowest BCUT2D eigenvalue weighted by atomic mass is 10.3. The molecule has 0 fully saturated rings. The van der Waals surface area contributed by atoms with Crippen LogP contribution < -0.4 is 4.90 Å². The summed E-state index contributed by atoms with van der Waals surface area (Å²) in [6, 6.07) is 7.25. The van der Waals surface area contributed by atoms with E-state index in [1.807, 2.05) is 53.7 Å². The van der Waals surface area contributed by atoms with E-state index in [1.165, 1.54) is 0 Å². The van der Waals surface area contributed by atoms with Gasteiger partial charge in [-0.05, 0) is 19.1 Å². The number of para-hydroxylation sites is 1. The van der Waals surface area contributed by atoms with E-state index in [-0.39, 0.29) is 0 Å². The quantitative estimate of drug-likeness (QED) is 0.852. The topological polar surface area (TPSA) is 69.3 Å². The van der Waals surface area contributed by atoms with Crippen LogP contribution in [0.25, 0.3) is 0 Å². The average molecular weight is 383 g/mol. The number of hydrogen-bond acceptors (Lipinski definition) is 4. The second-order valence-corrected chi connectivity index (χ2v) is 6.71. The van der Waals surface area contributed by atoms with E-state index >= 15 is 0 Å². The minimum atomic E-state index is -3.32. The molecule has 26 heavy (non-hydrogen) atoms. The average Bonchev–Trinajstić information content (AvgIpc) is 3.25. The maximum Gasteiger partial charge on any atom is 0.245 e. The number of aromatic nitrogens is 2. The van der Waals surface area contributed by atoms with Crippen molar-refractivity contribution in [1.29, 1.82) is 0 Å². The van der Waals surface area contributed by atoms with Gasteiger partial charge in [0.25, 0.3) is 0 Å². The maximum atomic E-state index is 12.4. The van der Waals surface area contributed by atoms with Gasteiger partial charge in [-0.1, -0.05) is 46.8 Å². The molecule has 0 saturated heterocycles.